The van der Waals surface area contributed by atoms with Crippen molar-refractivity contribution >= 4 is 34.6 Å². The molecule has 8 nitrogen and oxygen atoms in total. The normalized spacial score (nSPS) is 12.0. The first kappa shape index (κ1) is 23.8. The Balaban J connectivity index is 2.03. The van der Waals surface area contributed by atoms with Crippen molar-refractivity contribution in [2.75, 3.05) is 6.61 Å². The largest absolute Gasteiger partial charge is 0.462 e. The highest BCUT2D eigenvalue weighted by Crippen LogP contribution is 2.14. The fourth-order valence-corrected chi connectivity index (χ4v) is 3.88. The Bertz CT molecular complexity index is 1580. The SMILES string of the molecule is CCCn1c(=NC(=O)C=Cc2ccccc2)c(C(=O)OCC)cc2c(=O)n3cccc(C)c3nc21. The van der Waals surface area contributed by atoms with Gasteiger partial charge >= 0.3 is 5.97 Å². The second-order valence-electron chi connectivity index (χ2n) is 7.99. The summed E-state index contributed by atoms with van der Waals surface area (Å²) in [5.41, 5.74) is 2.37. The van der Waals surface area contributed by atoms with Crippen LogP contribution in [0.5, 0.6) is 0 Å². The third kappa shape index (κ3) is 4.82. The highest BCUT2D eigenvalue weighted by Gasteiger charge is 2.19. The van der Waals surface area contributed by atoms with E-state index in [0.29, 0.717) is 24.3 Å². The molecule has 0 saturated carbocycles. The maximum Gasteiger partial charge on any atom is 0.341 e. The van der Waals surface area contributed by atoms with E-state index in [1.807, 2.05) is 50.2 Å². The fraction of sp³-hybridized carbons (Fsp3) is 0.222. The number of amides is 1. The van der Waals surface area contributed by atoms with Gasteiger partial charge < -0.3 is 9.30 Å². The summed E-state index contributed by atoms with van der Waals surface area (Å²) in [4.78, 5) is 48.1. The lowest BCUT2D eigenvalue weighted by atomic mass is 10.2. The lowest BCUT2D eigenvalue weighted by molar-refractivity contribution is -0.113. The van der Waals surface area contributed by atoms with Crippen molar-refractivity contribution in [3.05, 3.63) is 93.3 Å². The fourth-order valence-electron chi connectivity index (χ4n) is 3.88. The minimum atomic E-state index is -0.661. The van der Waals surface area contributed by atoms with Gasteiger partial charge in [-0.3, -0.25) is 14.0 Å². The molecule has 0 spiro atoms. The van der Waals surface area contributed by atoms with Gasteiger partial charge in [0.2, 0.25) is 0 Å². The average molecular weight is 471 g/mol. The van der Waals surface area contributed by atoms with Crippen molar-refractivity contribution in [2.45, 2.75) is 33.7 Å². The predicted molar refractivity (Wildman–Crippen MR) is 134 cm³/mol. The van der Waals surface area contributed by atoms with Crippen LogP contribution in [0.2, 0.25) is 0 Å². The van der Waals surface area contributed by atoms with E-state index < -0.39 is 11.9 Å². The Morgan fingerprint density at radius 1 is 1.09 bits per heavy atom. The van der Waals surface area contributed by atoms with Gasteiger partial charge in [-0.05, 0) is 49.6 Å². The number of hydrogen-bond donors (Lipinski definition) is 0. The summed E-state index contributed by atoms with van der Waals surface area (Å²) < 4.78 is 8.35. The molecule has 0 fully saturated rings. The van der Waals surface area contributed by atoms with E-state index in [0.717, 1.165) is 11.1 Å². The van der Waals surface area contributed by atoms with E-state index in [-0.39, 0.29) is 28.6 Å². The van der Waals surface area contributed by atoms with Gasteiger partial charge in [0.15, 0.2) is 5.49 Å². The van der Waals surface area contributed by atoms with Gasteiger partial charge in [-0.25, -0.2) is 9.78 Å². The molecule has 0 aliphatic rings. The zero-order chi connectivity index (χ0) is 24.9. The number of nitrogens with zero attached hydrogens (tertiary/aromatic N) is 4. The van der Waals surface area contributed by atoms with Crippen LogP contribution in [0.1, 0.15) is 41.8 Å². The average Bonchev–Trinajstić information content (AvgIpc) is 2.86. The molecule has 0 N–H and O–H groups in total. The van der Waals surface area contributed by atoms with Crippen molar-refractivity contribution in [1.82, 2.24) is 14.0 Å². The Morgan fingerprint density at radius 2 is 1.86 bits per heavy atom. The van der Waals surface area contributed by atoms with Crippen LogP contribution in [0.15, 0.2) is 70.6 Å². The molecule has 0 unspecified atom stereocenters. The number of rotatable bonds is 6. The van der Waals surface area contributed by atoms with Crippen LogP contribution >= 0.6 is 0 Å². The van der Waals surface area contributed by atoms with E-state index in [1.54, 1.807) is 29.8 Å². The van der Waals surface area contributed by atoms with Crippen LogP contribution in [-0.4, -0.2) is 32.4 Å². The molecule has 0 atom stereocenters. The number of ether oxygens (including phenoxy) is 1. The number of esters is 1. The second-order valence-corrected chi connectivity index (χ2v) is 7.99. The van der Waals surface area contributed by atoms with Crippen molar-refractivity contribution in [3.63, 3.8) is 0 Å². The summed E-state index contributed by atoms with van der Waals surface area (Å²) in [6, 6.07) is 14.4. The van der Waals surface area contributed by atoms with E-state index in [1.165, 1.54) is 16.5 Å². The monoisotopic (exact) mass is 470 g/mol. The first-order chi connectivity index (χ1) is 16.9. The molecule has 0 aliphatic heterocycles. The van der Waals surface area contributed by atoms with Gasteiger partial charge in [-0.1, -0.05) is 43.3 Å². The van der Waals surface area contributed by atoms with Crippen molar-refractivity contribution in [3.8, 4) is 0 Å². The molecule has 0 saturated heterocycles. The van der Waals surface area contributed by atoms with Crippen molar-refractivity contribution < 1.29 is 14.3 Å². The van der Waals surface area contributed by atoms with Gasteiger partial charge in [0.25, 0.3) is 11.5 Å². The van der Waals surface area contributed by atoms with Crippen LogP contribution < -0.4 is 11.0 Å². The van der Waals surface area contributed by atoms with Crippen molar-refractivity contribution in [2.24, 2.45) is 4.99 Å². The molecule has 0 aliphatic carbocycles. The molecular weight excluding hydrogens is 444 g/mol. The topological polar surface area (TPSA) is 95.0 Å². The van der Waals surface area contributed by atoms with E-state index in [9.17, 15) is 14.4 Å². The molecule has 8 heteroatoms. The van der Waals surface area contributed by atoms with Crippen LogP contribution in [0.3, 0.4) is 0 Å². The van der Waals surface area contributed by atoms with Crippen LogP contribution in [0.25, 0.3) is 22.8 Å². The summed E-state index contributed by atoms with van der Waals surface area (Å²) in [7, 11) is 0. The standard InChI is InChI=1S/C27H26N4O4/c1-4-15-30-24-20(26(33)31-16-9-10-18(3)23(31)29-24)17-21(27(34)35-5-2)25(30)28-22(32)14-13-19-11-7-6-8-12-19/h6-14,16-17H,4-5,15H2,1-3H3. The summed E-state index contributed by atoms with van der Waals surface area (Å²) in [6.45, 7) is 6.05. The summed E-state index contributed by atoms with van der Waals surface area (Å²) in [5, 5.41) is 0.246. The lowest BCUT2D eigenvalue weighted by Gasteiger charge is -2.14. The van der Waals surface area contributed by atoms with Crippen molar-refractivity contribution in [1.29, 1.82) is 0 Å². The van der Waals surface area contributed by atoms with Gasteiger partial charge in [0.1, 0.15) is 16.9 Å². The molecule has 178 valence electrons. The third-order valence-corrected chi connectivity index (χ3v) is 5.48. The lowest BCUT2D eigenvalue weighted by Crippen LogP contribution is -2.32. The zero-order valence-electron chi connectivity index (χ0n) is 19.9. The Kier molecular flexibility index (Phi) is 7.01. The number of pyridine rings is 2. The number of benzene rings is 1. The number of hydrogen-bond acceptors (Lipinski definition) is 5. The maximum atomic E-state index is 13.4. The quantitative estimate of drug-likeness (QED) is 0.243. The summed E-state index contributed by atoms with van der Waals surface area (Å²) in [5.74, 6) is -1.20. The van der Waals surface area contributed by atoms with Crippen LogP contribution in [0, 0.1) is 6.92 Å². The van der Waals surface area contributed by atoms with Crippen LogP contribution in [-0.2, 0) is 16.1 Å². The number of fused-ring (bicyclic) bond motifs is 2. The number of aryl methyl sites for hydroxylation is 2. The zero-order valence-corrected chi connectivity index (χ0v) is 19.9. The first-order valence-corrected chi connectivity index (χ1v) is 11.5. The minimum Gasteiger partial charge on any atom is -0.462 e. The van der Waals surface area contributed by atoms with Gasteiger partial charge in [0.05, 0.1) is 12.0 Å². The van der Waals surface area contributed by atoms with Gasteiger partial charge in [-0.2, -0.15) is 4.99 Å². The second kappa shape index (κ2) is 10.3. The molecule has 4 rings (SSSR count). The van der Waals surface area contributed by atoms with Gasteiger partial charge in [0, 0.05) is 18.8 Å². The Morgan fingerprint density at radius 3 is 2.57 bits per heavy atom. The highest BCUT2D eigenvalue weighted by atomic mass is 16.5. The third-order valence-electron chi connectivity index (χ3n) is 5.48. The number of carbonyl (C=O) groups excluding carboxylic acids is 2. The Hall–Kier alpha value is -4.33. The summed E-state index contributed by atoms with van der Waals surface area (Å²) in [6.07, 6.45) is 5.30. The minimum absolute atomic E-state index is 0.0424. The molecule has 3 heterocycles. The van der Waals surface area contributed by atoms with E-state index >= 15 is 0 Å². The molecule has 1 amide bonds. The maximum absolute atomic E-state index is 13.4. The molecule has 0 bridgehead atoms. The molecule has 4 aromatic rings. The Labute approximate surface area is 201 Å². The van der Waals surface area contributed by atoms with Gasteiger partial charge in [-0.15, -0.1) is 0 Å². The smallest absolute Gasteiger partial charge is 0.341 e. The van der Waals surface area contributed by atoms with Crippen LogP contribution in [0.4, 0.5) is 0 Å². The summed E-state index contributed by atoms with van der Waals surface area (Å²) >= 11 is 0. The molecule has 3 aromatic heterocycles. The molecule has 0 radical (unpaired) electrons. The molecule has 1 aromatic carbocycles. The van der Waals surface area contributed by atoms with E-state index in [2.05, 4.69) is 4.99 Å². The van der Waals surface area contributed by atoms with E-state index in [4.69, 9.17) is 9.72 Å². The molecular formula is C27H26N4O4. The molecule has 35 heavy (non-hydrogen) atoms. The number of carbonyl (C=O) groups is 2. The number of aromatic nitrogens is 3. The highest BCUT2D eigenvalue weighted by molar-refractivity contribution is 5.96. The predicted octanol–water partition coefficient (Wildman–Crippen LogP) is 3.69. The first-order valence-electron chi connectivity index (χ1n) is 11.5.